The Labute approximate surface area is 98.6 Å². The van der Waals surface area contributed by atoms with Crippen LogP contribution in [0.15, 0.2) is 12.7 Å². The lowest BCUT2D eigenvalue weighted by molar-refractivity contribution is -0.224. The highest BCUT2D eigenvalue weighted by Gasteiger charge is 2.38. The van der Waals surface area contributed by atoms with Crippen molar-refractivity contribution in [2.75, 3.05) is 0 Å². The summed E-state index contributed by atoms with van der Waals surface area (Å²) in [4.78, 5) is 0. The fraction of sp³-hybridized carbons (Fsp3) is 0.778. The molecule has 0 rings (SSSR count). The molecule has 0 aromatic rings. The second-order valence-corrected chi connectivity index (χ2v) is 14.7. The first-order chi connectivity index (χ1) is 6.54. The van der Waals surface area contributed by atoms with Crippen LogP contribution in [0.2, 0.25) is 39.3 Å². The number of rotatable bonds is 6. The molecule has 0 aliphatic carbocycles. The van der Waals surface area contributed by atoms with Gasteiger partial charge >= 0.3 is 0 Å². The molecule has 0 amide bonds. The van der Waals surface area contributed by atoms with E-state index in [0.29, 0.717) is 10.5 Å². The Bertz CT molecular complexity index is 202. The maximum atomic E-state index is 5.95. The summed E-state index contributed by atoms with van der Waals surface area (Å²) in [6, 6.07) is 0. The van der Waals surface area contributed by atoms with Gasteiger partial charge in [0.15, 0.2) is 27.1 Å². The van der Waals surface area contributed by atoms with Crippen molar-refractivity contribution in [3.8, 4) is 0 Å². The van der Waals surface area contributed by atoms with Crippen molar-refractivity contribution in [2.45, 2.75) is 45.3 Å². The van der Waals surface area contributed by atoms with Gasteiger partial charge in [-0.25, -0.2) is 0 Å². The van der Waals surface area contributed by atoms with Crippen molar-refractivity contribution < 1.29 is 13.3 Å². The third-order valence-electron chi connectivity index (χ3n) is 1.43. The quantitative estimate of drug-likeness (QED) is 0.416. The Morgan fingerprint density at radius 1 is 1.00 bits per heavy atom. The van der Waals surface area contributed by atoms with Crippen LogP contribution < -0.4 is 0 Å². The monoisotopic (exact) mass is 264 g/mol. The molecule has 0 N–H and O–H groups in total. The summed E-state index contributed by atoms with van der Waals surface area (Å²) in [6.45, 7) is 16.4. The SMILES string of the molecule is C=CC(O[SiH3])(O[Si](C)(C)C)O[Si](C)(C)C. The molecule has 0 radical (unpaired) electrons. The van der Waals surface area contributed by atoms with Gasteiger partial charge in [0.1, 0.15) is 0 Å². The zero-order chi connectivity index (χ0) is 12.3. The van der Waals surface area contributed by atoms with Gasteiger partial charge in [-0.15, -0.1) is 0 Å². The van der Waals surface area contributed by atoms with E-state index < -0.39 is 22.6 Å². The minimum absolute atomic E-state index is 0.566. The molecular formula is C9H24O3Si3. The van der Waals surface area contributed by atoms with E-state index in [2.05, 4.69) is 45.9 Å². The van der Waals surface area contributed by atoms with Crippen molar-refractivity contribution >= 4 is 27.1 Å². The van der Waals surface area contributed by atoms with E-state index >= 15 is 0 Å². The topological polar surface area (TPSA) is 27.7 Å². The molecule has 0 atom stereocenters. The molecule has 0 aromatic carbocycles. The summed E-state index contributed by atoms with van der Waals surface area (Å²) in [5, 5.41) is 0. The average Bonchev–Trinajstić information content (AvgIpc) is 1.98. The minimum Gasteiger partial charge on any atom is -0.378 e. The van der Waals surface area contributed by atoms with E-state index in [1.54, 1.807) is 6.08 Å². The predicted octanol–water partition coefficient (Wildman–Crippen LogP) is 1.83. The third kappa shape index (κ3) is 6.44. The van der Waals surface area contributed by atoms with Crippen molar-refractivity contribution in [1.82, 2.24) is 0 Å². The predicted molar refractivity (Wildman–Crippen MR) is 72.8 cm³/mol. The Hall–Kier alpha value is 0.271. The lowest BCUT2D eigenvalue weighted by Gasteiger charge is -2.39. The van der Waals surface area contributed by atoms with Gasteiger partial charge in [0.2, 0.25) is 0 Å². The van der Waals surface area contributed by atoms with Crippen LogP contribution in [0.3, 0.4) is 0 Å². The molecule has 0 unspecified atom stereocenters. The van der Waals surface area contributed by atoms with Crippen LogP contribution in [0.1, 0.15) is 0 Å². The highest BCUT2D eigenvalue weighted by atomic mass is 28.4. The summed E-state index contributed by atoms with van der Waals surface area (Å²) in [5.74, 6) is -0.999. The number of hydrogen-bond acceptors (Lipinski definition) is 3. The first-order valence-corrected chi connectivity index (χ1v) is 12.8. The molecule has 0 fully saturated rings. The van der Waals surface area contributed by atoms with E-state index in [0.717, 1.165) is 0 Å². The van der Waals surface area contributed by atoms with Crippen molar-refractivity contribution in [3.63, 3.8) is 0 Å². The summed E-state index contributed by atoms with van der Waals surface area (Å²) in [7, 11) is -2.86. The van der Waals surface area contributed by atoms with Gasteiger partial charge in [-0.1, -0.05) is 6.58 Å². The average molecular weight is 265 g/mol. The van der Waals surface area contributed by atoms with Gasteiger partial charge in [-0.05, 0) is 45.4 Å². The normalized spacial score (nSPS) is 14.3. The van der Waals surface area contributed by atoms with Crippen molar-refractivity contribution in [2.24, 2.45) is 0 Å². The summed E-state index contributed by atoms with van der Waals surface area (Å²) < 4.78 is 17.4. The lowest BCUT2D eigenvalue weighted by Crippen LogP contribution is -2.50. The van der Waals surface area contributed by atoms with Crippen LogP contribution in [0.4, 0.5) is 0 Å². The highest BCUT2D eigenvalue weighted by Crippen LogP contribution is 2.25. The van der Waals surface area contributed by atoms with E-state index in [-0.39, 0.29) is 0 Å². The molecule has 0 aliphatic rings. The highest BCUT2D eigenvalue weighted by molar-refractivity contribution is 6.71. The molecule has 0 aromatic heterocycles. The molecule has 0 bridgehead atoms. The Kier molecular flexibility index (Phi) is 5.16. The lowest BCUT2D eigenvalue weighted by atomic mass is 10.6. The van der Waals surface area contributed by atoms with Crippen LogP contribution in [0, 0.1) is 0 Å². The Balaban J connectivity index is 4.82. The third-order valence-corrected chi connectivity index (χ3v) is 3.79. The largest absolute Gasteiger partial charge is 0.378 e. The number of hydrogen-bond donors (Lipinski definition) is 0. The van der Waals surface area contributed by atoms with Gasteiger partial charge in [0.25, 0.3) is 5.97 Å². The van der Waals surface area contributed by atoms with Gasteiger partial charge in [0.05, 0.1) is 0 Å². The molecule has 15 heavy (non-hydrogen) atoms. The van der Waals surface area contributed by atoms with Gasteiger partial charge < -0.3 is 13.3 Å². The molecule has 6 heteroatoms. The molecule has 0 spiro atoms. The van der Waals surface area contributed by atoms with Crippen LogP contribution in [0.5, 0.6) is 0 Å². The maximum Gasteiger partial charge on any atom is 0.275 e. The van der Waals surface area contributed by atoms with Crippen LogP contribution in [-0.4, -0.2) is 33.1 Å². The second kappa shape index (κ2) is 5.07. The molecule has 0 saturated heterocycles. The first-order valence-electron chi connectivity index (χ1n) is 5.13. The summed E-state index contributed by atoms with van der Waals surface area (Å²) in [5.41, 5.74) is 0. The molecule has 0 saturated carbocycles. The molecule has 0 aliphatic heterocycles. The maximum absolute atomic E-state index is 5.95. The smallest absolute Gasteiger partial charge is 0.275 e. The van der Waals surface area contributed by atoms with Crippen molar-refractivity contribution in [3.05, 3.63) is 12.7 Å². The molecule has 3 nitrogen and oxygen atoms in total. The van der Waals surface area contributed by atoms with Gasteiger partial charge in [-0.3, -0.25) is 0 Å². The molecule has 90 valence electrons. The first kappa shape index (κ1) is 15.3. The van der Waals surface area contributed by atoms with Crippen LogP contribution >= 0.6 is 0 Å². The Morgan fingerprint density at radius 2 is 1.33 bits per heavy atom. The van der Waals surface area contributed by atoms with E-state index in [1.807, 2.05) is 0 Å². The van der Waals surface area contributed by atoms with E-state index in [1.165, 1.54) is 0 Å². The van der Waals surface area contributed by atoms with Crippen molar-refractivity contribution in [1.29, 1.82) is 0 Å². The zero-order valence-electron chi connectivity index (χ0n) is 11.0. The standard InChI is InChI=1S/C9H24O3Si3/c1-8-9(10-13,11-14(2,3)4)12-15(5,6)7/h8H,1H2,2-7,13H3. The second-order valence-electron chi connectivity index (χ2n) is 5.44. The fourth-order valence-electron chi connectivity index (χ4n) is 1.12. The Morgan fingerprint density at radius 3 is 1.47 bits per heavy atom. The van der Waals surface area contributed by atoms with Gasteiger partial charge in [0, 0.05) is 0 Å². The summed E-state index contributed by atoms with van der Waals surface area (Å²) in [6.07, 6.45) is 1.64. The van der Waals surface area contributed by atoms with E-state index in [4.69, 9.17) is 13.3 Å². The fourth-order valence-corrected chi connectivity index (χ4v) is 4.00. The summed E-state index contributed by atoms with van der Waals surface area (Å²) >= 11 is 0. The zero-order valence-corrected chi connectivity index (χ0v) is 15.0. The van der Waals surface area contributed by atoms with Crippen LogP contribution in [-0.2, 0) is 13.3 Å². The molecular weight excluding hydrogens is 240 g/mol. The minimum atomic E-state index is -1.71. The van der Waals surface area contributed by atoms with Gasteiger partial charge in [-0.2, -0.15) is 0 Å². The van der Waals surface area contributed by atoms with Crippen LogP contribution in [0.25, 0.3) is 0 Å². The molecule has 0 heterocycles. The van der Waals surface area contributed by atoms with E-state index in [9.17, 15) is 0 Å².